The number of piperidine rings is 1. The molecule has 0 aliphatic carbocycles. The Bertz CT molecular complexity index is 618. The van der Waals surface area contributed by atoms with Gasteiger partial charge in [-0.2, -0.15) is 0 Å². The van der Waals surface area contributed by atoms with E-state index in [2.05, 4.69) is 16.0 Å². The minimum Gasteiger partial charge on any atom is -0.493 e. The average Bonchev–Trinajstić information content (AvgIpc) is 2.63. The van der Waals surface area contributed by atoms with Crippen LogP contribution >= 0.6 is 0 Å². The van der Waals surface area contributed by atoms with Gasteiger partial charge in [0.15, 0.2) is 11.5 Å². The summed E-state index contributed by atoms with van der Waals surface area (Å²) in [5.41, 5.74) is 1.34. The van der Waals surface area contributed by atoms with Crippen LogP contribution in [-0.4, -0.2) is 43.2 Å². The van der Waals surface area contributed by atoms with Crippen LogP contribution in [0.25, 0.3) is 0 Å². The molecule has 0 bridgehead atoms. The standard InChI is InChI=1S/C20H26N2O2/c1-23-19-8-2-3-9-20(19)24-13-12-22-11-5-7-18(16-22)14-17-6-4-10-21-15-17/h2-4,6,8-10,15,18H,5,7,11-14,16H2,1H3/t18-/m1/s1. The molecule has 1 aromatic carbocycles. The van der Waals surface area contributed by atoms with Gasteiger partial charge in [-0.3, -0.25) is 9.88 Å². The maximum absolute atomic E-state index is 5.91. The van der Waals surface area contributed by atoms with Crippen molar-refractivity contribution in [2.75, 3.05) is 33.4 Å². The quantitative estimate of drug-likeness (QED) is 0.781. The SMILES string of the molecule is COc1ccccc1OCCN1CCC[C@H](Cc2cccnc2)C1. The number of benzene rings is 1. The molecule has 1 aliphatic heterocycles. The Balaban J connectivity index is 1.45. The van der Waals surface area contributed by atoms with Gasteiger partial charge < -0.3 is 9.47 Å². The molecule has 2 heterocycles. The number of para-hydroxylation sites is 2. The largest absolute Gasteiger partial charge is 0.493 e. The fraction of sp³-hybridized carbons (Fsp3) is 0.450. The first kappa shape index (κ1) is 16.8. The van der Waals surface area contributed by atoms with Gasteiger partial charge >= 0.3 is 0 Å². The summed E-state index contributed by atoms with van der Waals surface area (Å²) in [7, 11) is 1.68. The van der Waals surface area contributed by atoms with Crippen LogP contribution in [0.5, 0.6) is 11.5 Å². The predicted octanol–water partition coefficient (Wildman–Crippen LogP) is 3.42. The van der Waals surface area contributed by atoms with Gasteiger partial charge in [0, 0.05) is 25.5 Å². The Morgan fingerprint density at radius 3 is 2.83 bits per heavy atom. The lowest BCUT2D eigenvalue weighted by Crippen LogP contribution is -2.38. The van der Waals surface area contributed by atoms with Gasteiger partial charge in [0.05, 0.1) is 7.11 Å². The van der Waals surface area contributed by atoms with Crippen LogP contribution in [0, 0.1) is 5.92 Å². The smallest absolute Gasteiger partial charge is 0.161 e. The van der Waals surface area contributed by atoms with Crippen molar-refractivity contribution in [1.29, 1.82) is 0 Å². The Morgan fingerprint density at radius 1 is 1.17 bits per heavy atom. The predicted molar refractivity (Wildman–Crippen MR) is 95.6 cm³/mol. The number of hydrogen-bond acceptors (Lipinski definition) is 4. The van der Waals surface area contributed by atoms with E-state index in [1.54, 1.807) is 7.11 Å². The van der Waals surface area contributed by atoms with Crippen LogP contribution in [0.15, 0.2) is 48.8 Å². The van der Waals surface area contributed by atoms with Crippen molar-refractivity contribution >= 4 is 0 Å². The molecule has 3 rings (SSSR count). The summed E-state index contributed by atoms with van der Waals surface area (Å²) in [6.45, 7) is 3.96. The molecule has 1 saturated heterocycles. The van der Waals surface area contributed by atoms with Crippen molar-refractivity contribution < 1.29 is 9.47 Å². The first-order valence-electron chi connectivity index (χ1n) is 8.72. The lowest BCUT2D eigenvalue weighted by atomic mass is 9.92. The number of aromatic nitrogens is 1. The van der Waals surface area contributed by atoms with Gasteiger partial charge in [0.1, 0.15) is 6.61 Å². The number of methoxy groups -OCH3 is 1. The molecule has 1 atom stereocenters. The van der Waals surface area contributed by atoms with E-state index in [0.717, 1.165) is 31.0 Å². The third kappa shape index (κ3) is 4.71. The zero-order valence-electron chi connectivity index (χ0n) is 14.4. The van der Waals surface area contributed by atoms with E-state index in [9.17, 15) is 0 Å². The summed E-state index contributed by atoms with van der Waals surface area (Å²) >= 11 is 0. The second kappa shape index (κ2) is 8.69. The molecule has 24 heavy (non-hydrogen) atoms. The summed E-state index contributed by atoms with van der Waals surface area (Å²) < 4.78 is 11.2. The van der Waals surface area contributed by atoms with Gasteiger partial charge in [-0.25, -0.2) is 0 Å². The Hall–Kier alpha value is -2.07. The van der Waals surface area contributed by atoms with Crippen molar-refractivity contribution in [2.45, 2.75) is 19.3 Å². The third-order valence-electron chi connectivity index (χ3n) is 4.58. The molecule has 1 fully saturated rings. The van der Waals surface area contributed by atoms with E-state index in [1.165, 1.54) is 24.9 Å². The molecule has 0 radical (unpaired) electrons. The third-order valence-corrected chi connectivity index (χ3v) is 4.58. The second-order valence-electron chi connectivity index (χ2n) is 6.37. The summed E-state index contributed by atoms with van der Waals surface area (Å²) in [5.74, 6) is 2.34. The maximum Gasteiger partial charge on any atom is 0.161 e. The van der Waals surface area contributed by atoms with Crippen molar-refractivity contribution in [2.24, 2.45) is 5.92 Å². The van der Waals surface area contributed by atoms with E-state index in [4.69, 9.17) is 9.47 Å². The highest BCUT2D eigenvalue weighted by Gasteiger charge is 2.20. The molecule has 0 amide bonds. The Morgan fingerprint density at radius 2 is 2.04 bits per heavy atom. The van der Waals surface area contributed by atoms with Gasteiger partial charge in [-0.15, -0.1) is 0 Å². The number of ether oxygens (including phenoxy) is 2. The van der Waals surface area contributed by atoms with E-state index >= 15 is 0 Å². The molecule has 4 heteroatoms. The molecule has 4 nitrogen and oxygen atoms in total. The van der Waals surface area contributed by atoms with Gasteiger partial charge in [-0.05, 0) is 55.5 Å². The highest BCUT2D eigenvalue weighted by atomic mass is 16.5. The summed E-state index contributed by atoms with van der Waals surface area (Å²) in [5, 5.41) is 0. The molecule has 0 unspecified atom stereocenters. The minimum atomic E-state index is 0.694. The summed E-state index contributed by atoms with van der Waals surface area (Å²) in [6.07, 6.45) is 7.52. The first-order chi connectivity index (χ1) is 11.8. The molecule has 1 aliphatic rings. The molecule has 0 saturated carbocycles. The van der Waals surface area contributed by atoms with Gasteiger partial charge in [0.25, 0.3) is 0 Å². The zero-order valence-corrected chi connectivity index (χ0v) is 14.4. The van der Waals surface area contributed by atoms with Crippen LogP contribution in [0.3, 0.4) is 0 Å². The molecule has 128 valence electrons. The Kier molecular flexibility index (Phi) is 6.07. The number of pyridine rings is 1. The minimum absolute atomic E-state index is 0.694. The molecular formula is C20H26N2O2. The van der Waals surface area contributed by atoms with Crippen molar-refractivity contribution in [3.8, 4) is 11.5 Å². The maximum atomic E-state index is 5.91. The van der Waals surface area contributed by atoms with Crippen molar-refractivity contribution in [1.82, 2.24) is 9.88 Å². The van der Waals surface area contributed by atoms with E-state index in [0.29, 0.717) is 12.5 Å². The van der Waals surface area contributed by atoms with Crippen molar-refractivity contribution in [3.63, 3.8) is 0 Å². The lowest BCUT2D eigenvalue weighted by Gasteiger charge is -2.32. The Labute approximate surface area is 144 Å². The number of rotatable bonds is 7. The summed E-state index contributed by atoms with van der Waals surface area (Å²) in [4.78, 5) is 6.74. The van der Waals surface area contributed by atoms with Gasteiger partial charge in [-0.1, -0.05) is 18.2 Å². The molecule has 2 aromatic rings. The number of hydrogen-bond donors (Lipinski definition) is 0. The average molecular weight is 326 g/mol. The monoisotopic (exact) mass is 326 g/mol. The molecule has 0 N–H and O–H groups in total. The van der Waals surface area contributed by atoms with Crippen LogP contribution < -0.4 is 9.47 Å². The van der Waals surface area contributed by atoms with E-state index in [-0.39, 0.29) is 0 Å². The molecule has 1 aromatic heterocycles. The highest BCUT2D eigenvalue weighted by Crippen LogP contribution is 2.26. The first-order valence-corrected chi connectivity index (χ1v) is 8.72. The van der Waals surface area contributed by atoms with Gasteiger partial charge in [0.2, 0.25) is 0 Å². The molecule has 0 spiro atoms. The van der Waals surface area contributed by atoms with Crippen LogP contribution in [-0.2, 0) is 6.42 Å². The second-order valence-corrected chi connectivity index (χ2v) is 6.37. The highest BCUT2D eigenvalue weighted by molar-refractivity contribution is 5.39. The van der Waals surface area contributed by atoms with E-state index < -0.39 is 0 Å². The fourth-order valence-electron chi connectivity index (χ4n) is 3.40. The number of nitrogens with zero attached hydrogens (tertiary/aromatic N) is 2. The van der Waals surface area contributed by atoms with Crippen molar-refractivity contribution in [3.05, 3.63) is 54.4 Å². The zero-order chi connectivity index (χ0) is 16.6. The fourth-order valence-corrected chi connectivity index (χ4v) is 3.40. The normalized spacial score (nSPS) is 18.3. The topological polar surface area (TPSA) is 34.6 Å². The van der Waals surface area contributed by atoms with Crippen LogP contribution in [0.1, 0.15) is 18.4 Å². The molecular weight excluding hydrogens is 300 g/mol. The van der Waals surface area contributed by atoms with Crippen LogP contribution in [0.4, 0.5) is 0 Å². The van der Waals surface area contributed by atoms with E-state index in [1.807, 2.05) is 42.7 Å². The van der Waals surface area contributed by atoms with Crippen LogP contribution in [0.2, 0.25) is 0 Å². The lowest BCUT2D eigenvalue weighted by molar-refractivity contribution is 0.145. The summed E-state index contributed by atoms with van der Waals surface area (Å²) in [6, 6.07) is 12.0. The number of likely N-dealkylation sites (tertiary alicyclic amines) is 1.